The van der Waals surface area contributed by atoms with Crippen LogP contribution in [0.25, 0.3) is 6.08 Å². The molecule has 0 spiro atoms. The second kappa shape index (κ2) is 9.80. The Bertz CT molecular complexity index is 1130. The summed E-state index contributed by atoms with van der Waals surface area (Å²) in [4.78, 5) is 26.6. The Kier molecular flexibility index (Phi) is 7.14. The van der Waals surface area contributed by atoms with Crippen LogP contribution < -0.4 is 15.0 Å². The van der Waals surface area contributed by atoms with Crippen molar-refractivity contribution in [2.24, 2.45) is 0 Å². The van der Waals surface area contributed by atoms with Gasteiger partial charge in [0.2, 0.25) is 0 Å². The van der Waals surface area contributed by atoms with Crippen LogP contribution >= 0.6 is 28.1 Å². The molecule has 0 bridgehead atoms. The molecule has 1 N–H and O–H groups in total. The summed E-state index contributed by atoms with van der Waals surface area (Å²) in [6.45, 7) is 7.72. The van der Waals surface area contributed by atoms with Gasteiger partial charge in [-0.25, -0.2) is 9.29 Å². The van der Waals surface area contributed by atoms with Gasteiger partial charge in [0.05, 0.1) is 10.2 Å². The van der Waals surface area contributed by atoms with Crippen molar-refractivity contribution in [3.05, 3.63) is 88.7 Å². The van der Waals surface area contributed by atoms with Crippen molar-refractivity contribution in [2.45, 2.75) is 6.42 Å². The monoisotopic (exact) mass is 500 g/mol. The summed E-state index contributed by atoms with van der Waals surface area (Å²) in [7, 11) is 0. The third-order valence-electron chi connectivity index (χ3n) is 4.36. The number of benzene rings is 2. The first-order valence-corrected chi connectivity index (χ1v) is 10.4. The van der Waals surface area contributed by atoms with Crippen molar-refractivity contribution in [1.82, 2.24) is 5.32 Å². The molecular weight excluding hydrogens is 483 g/mol. The molecule has 158 valence electrons. The number of anilines is 1. The van der Waals surface area contributed by atoms with Gasteiger partial charge in [-0.3, -0.25) is 14.9 Å². The smallest absolute Gasteiger partial charge is 0.270 e. The molecule has 1 saturated heterocycles. The average Bonchev–Trinajstić information content (AvgIpc) is 2.72. The highest BCUT2D eigenvalue weighted by molar-refractivity contribution is 9.10. The number of amides is 2. The third-order valence-corrected chi connectivity index (χ3v) is 5.23. The molecule has 31 heavy (non-hydrogen) atoms. The van der Waals surface area contributed by atoms with Crippen LogP contribution in [0.1, 0.15) is 11.1 Å². The topological polar surface area (TPSA) is 58.6 Å². The molecule has 0 unspecified atom stereocenters. The van der Waals surface area contributed by atoms with E-state index in [0.717, 1.165) is 10.5 Å². The molecule has 1 aliphatic rings. The summed E-state index contributed by atoms with van der Waals surface area (Å²) in [5.74, 6) is -1.38. The van der Waals surface area contributed by atoms with Gasteiger partial charge in [0.25, 0.3) is 11.8 Å². The number of hydrogen-bond donors (Lipinski definition) is 1. The number of rotatable bonds is 7. The van der Waals surface area contributed by atoms with E-state index in [1.54, 1.807) is 30.4 Å². The van der Waals surface area contributed by atoms with Gasteiger partial charge in [-0.2, -0.15) is 0 Å². The van der Waals surface area contributed by atoms with E-state index >= 15 is 0 Å². The summed E-state index contributed by atoms with van der Waals surface area (Å²) in [6.07, 6.45) is 5.29. The molecule has 3 rings (SSSR count). The zero-order valence-corrected chi connectivity index (χ0v) is 18.8. The molecule has 1 heterocycles. The number of carbonyl (C=O) groups excluding carboxylic acids is 2. The Morgan fingerprint density at radius 1 is 1.19 bits per heavy atom. The van der Waals surface area contributed by atoms with Crippen LogP contribution in [-0.2, 0) is 16.0 Å². The lowest BCUT2D eigenvalue weighted by atomic mass is 10.0. The van der Waals surface area contributed by atoms with E-state index in [9.17, 15) is 14.0 Å². The first-order chi connectivity index (χ1) is 14.9. The lowest BCUT2D eigenvalue weighted by Gasteiger charge is -2.29. The lowest BCUT2D eigenvalue weighted by Crippen LogP contribution is -2.54. The minimum Gasteiger partial charge on any atom is -0.488 e. The number of para-hydroxylation sites is 1. The van der Waals surface area contributed by atoms with Crippen molar-refractivity contribution < 1.29 is 18.7 Å². The zero-order chi connectivity index (χ0) is 22.5. The summed E-state index contributed by atoms with van der Waals surface area (Å²) in [5.41, 5.74) is 1.18. The second-order valence-corrected chi connectivity index (χ2v) is 7.73. The average molecular weight is 501 g/mol. The fourth-order valence-corrected chi connectivity index (χ4v) is 3.95. The highest BCUT2D eigenvalue weighted by Crippen LogP contribution is 2.33. The molecule has 0 atom stereocenters. The largest absolute Gasteiger partial charge is 0.488 e. The molecule has 0 radical (unpaired) electrons. The van der Waals surface area contributed by atoms with Crippen LogP contribution in [0.4, 0.5) is 10.1 Å². The van der Waals surface area contributed by atoms with Crippen LogP contribution in [0.15, 0.2) is 71.8 Å². The molecule has 0 aromatic heterocycles. The number of carbonyl (C=O) groups is 2. The molecule has 2 aromatic carbocycles. The Morgan fingerprint density at radius 3 is 2.61 bits per heavy atom. The molecular formula is C23H18BrFN2O3S. The number of halogens is 2. The van der Waals surface area contributed by atoms with Crippen molar-refractivity contribution >= 4 is 56.8 Å². The highest BCUT2D eigenvalue weighted by atomic mass is 79.9. The number of ether oxygens (including phenoxy) is 1. The summed E-state index contributed by atoms with van der Waals surface area (Å²) in [6, 6.07) is 9.22. The Morgan fingerprint density at radius 2 is 1.94 bits per heavy atom. The number of nitrogens with one attached hydrogen (secondary N) is 1. The number of hydrogen-bond acceptors (Lipinski definition) is 4. The molecule has 1 aliphatic heterocycles. The molecule has 8 heteroatoms. The van der Waals surface area contributed by atoms with E-state index in [4.69, 9.17) is 17.0 Å². The predicted molar refractivity (Wildman–Crippen MR) is 126 cm³/mol. The summed E-state index contributed by atoms with van der Waals surface area (Å²) < 4.78 is 20.6. The molecule has 2 aromatic rings. The maximum absolute atomic E-state index is 14.3. The zero-order valence-electron chi connectivity index (χ0n) is 16.4. The fraction of sp³-hybridized carbons (Fsp3) is 0.0870. The van der Waals surface area contributed by atoms with Crippen molar-refractivity contribution in [3.63, 3.8) is 0 Å². The Labute approximate surface area is 193 Å². The van der Waals surface area contributed by atoms with E-state index in [-0.39, 0.29) is 16.4 Å². The van der Waals surface area contributed by atoms with Crippen molar-refractivity contribution in [2.75, 3.05) is 11.5 Å². The van der Waals surface area contributed by atoms with Gasteiger partial charge in [0, 0.05) is 0 Å². The van der Waals surface area contributed by atoms with Crippen LogP contribution in [0.3, 0.4) is 0 Å². The van der Waals surface area contributed by atoms with Gasteiger partial charge in [0.1, 0.15) is 23.7 Å². The van der Waals surface area contributed by atoms with Gasteiger partial charge in [-0.15, -0.1) is 6.58 Å². The second-order valence-electron chi connectivity index (χ2n) is 6.49. The minimum absolute atomic E-state index is 0.0369. The number of allylic oxidation sites excluding steroid dienone is 1. The lowest BCUT2D eigenvalue weighted by molar-refractivity contribution is -0.122. The van der Waals surface area contributed by atoms with Gasteiger partial charge in [-0.05, 0) is 76.0 Å². The van der Waals surface area contributed by atoms with Crippen molar-refractivity contribution in [1.29, 1.82) is 0 Å². The first-order valence-electron chi connectivity index (χ1n) is 9.20. The maximum Gasteiger partial charge on any atom is 0.270 e. The number of thiocarbonyl (C=S) groups is 1. The summed E-state index contributed by atoms with van der Waals surface area (Å²) in [5, 5.41) is 2.27. The van der Waals surface area contributed by atoms with Crippen LogP contribution in [-0.4, -0.2) is 23.5 Å². The highest BCUT2D eigenvalue weighted by Gasteiger charge is 2.35. The quantitative estimate of drug-likeness (QED) is 0.259. The molecule has 0 aliphatic carbocycles. The Hall–Kier alpha value is -3.10. The first kappa shape index (κ1) is 22.6. The molecule has 0 saturated carbocycles. The van der Waals surface area contributed by atoms with E-state index in [0.29, 0.717) is 28.8 Å². The van der Waals surface area contributed by atoms with Crippen molar-refractivity contribution in [3.8, 4) is 5.75 Å². The van der Waals surface area contributed by atoms with Gasteiger partial charge < -0.3 is 4.74 Å². The van der Waals surface area contributed by atoms with Gasteiger partial charge >= 0.3 is 0 Å². The van der Waals surface area contributed by atoms with Gasteiger partial charge in [0.15, 0.2) is 5.11 Å². The van der Waals surface area contributed by atoms with Crippen LogP contribution in [0.2, 0.25) is 0 Å². The van der Waals surface area contributed by atoms with Gasteiger partial charge in [-0.1, -0.05) is 30.9 Å². The van der Waals surface area contributed by atoms with E-state index in [2.05, 4.69) is 34.4 Å². The Balaban J connectivity index is 2.05. The normalized spacial score (nSPS) is 15.1. The standard InChI is InChI=1S/C23H18BrFN2O3S/c1-3-7-15-11-14(13-17(24)20(15)30-10-4-2)12-16-21(28)26-23(31)27(22(16)29)19-9-6-5-8-18(19)25/h3-6,8-9,11-13H,1-2,7,10H2,(H,26,28,31)/b16-12+. The fourth-order valence-electron chi connectivity index (χ4n) is 3.04. The maximum atomic E-state index is 14.3. The molecule has 1 fully saturated rings. The molecule has 5 nitrogen and oxygen atoms in total. The van der Waals surface area contributed by atoms with Crippen LogP contribution in [0.5, 0.6) is 5.75 Å². The van der Waals surface area contributed by atoms with E-state index in [1.807, 2.05) is 0 Å². The number of nitrogens with zero attached hydrogens (tertiary/aromatic N) is 1. The minimum atomic E-state index is -0.716. The van der Waals surface area contributed by atoms with Crippen LogP contribution in [0, 0.1) is 5.82 Å². The molecule has 2 amide bonds. The SMILES string of the molecule is C=CCOc1c(Br)cc(/C=C2\C(=O)NC(=S)N(c3ccccc3F)C2=O)cc1CC=C. The van der Waals surface area contributed by atoms with E-state index < -0.39 is 17.6 Å². The van der Waals surface area contributed by atoms with E-state index in [1.165, 1.54) is 24.3 Å². The predicted octanol–water partition coefficient (Wildman–Crippen LogP) is 4.71. The summed E-state index contributed by atoms with van der Waals surface area (Å²) >= 11 is 8.58. The third kappa shape index (κ3) is 4.81.